The second kappa shape index (κ2) is 7.44. The van der Waals surface area contributed by atoms with Crippen LogP contribution in [0.2, 0.25) is 0 Å². The van der Waals surface area contributed by atoms with Crippen molar-refractivity contribution in [3.8, 4) is 11.5 Å². The van der Waals surface area contributed by atoms with E-state index in [0.29, 0.717) is 11.5 Å². The monoisotopic (exact) mass is 364 g/mol. The number of hydrogen-bond acceptors (Lipinski definition) is 6. The lowest BCUT2D eigenvalue weighted by atomic mass is 9.78. The van der Waals surface area contributed by atoms with Crippen molar-refractivity contribution in [3.63, 3.8) is 0 Å². The Kier molecular flexibility index (Phi) is 5.91. The van der Waals surface area contributed by atoms with Crippen LogP contribution in [0.15, 0.2) is 23.7 Å². The molecule has 5 nitrogen and oxygen atoms in total. The standard InChI is InChI=1S/C18H25BO5S/c1-12(20)25-11-14(19-23-17(2,3)18(4,5)24-19)9-13-7-8-16(22-6)15(21)10-13/h7-10,21H,11H2,1-6H3. The van der Waals surface area contributed by atoms with E-state index in [4.69, 9.17) is 14.0 Å². The average molecular weight is 364 g/mol. The number of hydrogen-bond donors (Lipinski definition) is 1. The van der Waals surface area contributed by atoms with Crippen LogP contribution in [0.1, 0.15) is 40.2 Å². The Morgan fingerprint density at radius 3 is 2.36 bits per heavy atom. The Balaban J connectivity index is 2.33. The van der Waals surface area contributed by atoms with E-state index in [-0.39, 0.29) is 10.9 Å². The zero-order valence-corrected chi connectivity index (χ0v) is 16.4. The third-order valence-electron chi connectivity index (χ3n) is 4.55. The van der Waals surface area contributed by atoms with Crippen LogP contribution >= 0.6 is 11.8 Å². The Morgan fingerprint density at radius 1 is 1.28 bits per heavy atom. The number of aromatic hydroxyl groups is 1. The van der Waals surface area contributed by atoms with Gasteiger partial charge in [-0.25, -0.2) is 0 Å². The number of thioether (sulfide) groups is 1. The van der Waals surface area contributed by atoms with E-state index < -0.39 is 18.3 Å². The fraction of sp³-hybridized carbons (Fsp3) is 0.500. The van der Waals surface area contributed by atoms with E-state index in [1.54, 1.807) is 12.1 Å². The molecule has 0 radical (unpaired) electrons. The average Bonchev–Trinajstić information content (AvgIpc) is 2.71. The van der Waals surface area contributed by atoms with Crippen LogP contribution in [0, 0.1) is 0 Å². The van der Waals surface area contributed by atoms with Crippen molar-refractivity contribution in [2.45, 2.75) is 45.8 Å². The first kappa shape index (κ1) is 19.9. The minimum atomic E-state index is -0.541. The third-order valence-corrected chi connectivity index (χ3v) is 5.44. The van der Waals surface area contributed by atoms with E-state index in [1.807, 2.05) is 39.8 Å². The smallest absolute Gasteiger partial charge is 0.491 e. The molecule has 1 aromatic carbocycles. The molecular formula is C18H25BO5S. The van der Waals surface area contributed by atoms with Crippen molar-refractivity contribution < 1.29 is 23.9 Å². The molecule has 1 aromatic rings. The minimum Gasteiger partial charge on any atom is -0.504 e. The highest BCUT2D eigenvalue weighted by Gasteiger charge is 2.52. The van der Waals surface area contributed by atoms with Gasteiger partial charge in [0.25, 0.3) is 0 Å². The molecule has 0 amide bonds. The van der Waals surface area contributed by atoms with Gasteiger partial charge in [-0.15, -0.1) is 0 Å². The summed E-state index contributed by atoms with van der Waals surface area (Å²) in [6.07, 6.45) is 1.89. The number of phenolic OH excluding ortho intramolecular Hbond substituents is 1. The molecule has 0 aromatic heterocycles. The summed E-state index contributed by atoms with van der Waals surface area (Å²) >= 11 is 1.20. The second-order valence-corrected chi connectivity index (χ2v) is 8.17. The molecule has 0 saturated carbocycles. The SMILES string of the molecule is COc1ccc(C=C(CSC(C)=O)B2OC(C)(C)C(C)(C)O2)cc1O. The van der Waals surface area contributed by atoms with Crippen molar-refractivity contribution in [3.05, 3.63) is 29.2 Å². The van der Waals surface area contributed by atoms with Crippen molar-refractivity contribution in [2.75, 3.05) is 12.9 Å². The number of carbonyl (C=O) groups excluding carboxylic acids is 1. The molecule has 0 aliphatic carbocycles. The molecule has 0 atom stereocenters. The highest BCUT2D eigenvalue weighted by Crippen LogP contribution is 2.39. The van der Waals surface area contributed by atoms with Crippen LogP contribution in [-0.4, -0.2) is 41.4 Å². The summed E-state index contributed by atoms with van der Waals surface area (Å²) in [4.78, 5) is 11.4. The number of rotatable bonds is 5. The van der Waals surface area contributed by atoms with Gasteiger partial charge in [0.1, 0.15) is 0 Å². The quantitative estimate of drug-likeness (QED) is 0.804. The van der Waals surface area contributed by atoms with Crippen molar-refractivity contribution in [1.82, 2.24) is 0 Å². The van der Waals surface area contributed by atoms with Crippen LogP contribution in [0.4, 0.5) is 0 Å². The number of carbonyl (C=O) groups is 1. The number of ether oxygens (including phenoxy) is 1. The molecule has 7 heteroatoms. The maximum Gasteiger partial charge on any atom is 0.491 e. The van der Waals surface area contributed by atoms with Crippen molar-refractivity contribution in [2.24, 2.45) is 0 Å². The lowest BCUT2D eigenvalue weighted by molar-refractivity contribution is -0.109. The summed E-state index contributed by atoms with van der Waals surface area (Å²) in [5.41, 5.74) is 0.704. The molecule has 0 spiro atoms. The fourth-order valence-corrected chi connectivity index (χ4v) is 2.96. The lowest BCUT2D eigenvalue weighted by Gasteiger charge is -2.32. The Hall–Kier alpha value is -1.44. The summed E-state index contributed by atoms with van der Waals surface area (Å²) in [6, 6.07) is 5.14. The Bertz CT molecular complexity index is 668. The predicted octanol–water partition coefficient (Wildman–Crippen LogP) is 3.70. The van der Waals surface area contributed by atoms with Gasteiger partial charge >= 0.3 is 7.12 Å². The van der Waals surface area contributed by atoms with E-state index in [0.717, 1.165) is 11.0 Å². The first-order valence-electron chi connectivity index (χ1n) is 8.12. The molecule has 1 fully saturated rings. The summed E-state index contributed by atoms with van der Waals surface area (Å²) in [5, 5.41) is 10.0. The number of methoxy groups -OCH3 is 1. The van der Waals surface area contributed by atoms with Gasteiger partial charge in [-0.05, 0) is 50.9 Å². The zero-order chi connectivity index (χ0) is 18.8. The van der Waals surface area contributed by atoms with Gasteiger partial charge in [0, 0.05) is 12.7 Å². The molecule has 1 aliphatic heterocycles. The van der Waals surface area contributed by atoms with E-state index in [2.05, 4.69) is 0 Å². The Morgan fingerprint density at radius 2 is 1.88 bits per heavy atom. The summed E-state index contributed by atoms with van der Waals surface area (Å²) in [7, 11) is 0.963. The van der Waals surface area contributed by atoms with Crippen LogP contribution in [-0.2, 0) is 14.1 Å². The van der Waals surface area contributed by atoms with E-state index >= 15 is 0 Å². The maximum absolute atomic E-state index is 11.4. The largest absolute Gasteiger partial charge is 0.504 e. The van der Waals surface area contributed by atoms with Crippen molar-refractivity contribution >= 4 is 30.1 Å². The molecule has 0 bridgehead atoms. The second-order valence-electron chi connectivity index (χ2n) is 7.02. The first-order valence-corrected chi connectivity index (χ1v) is 9.11. The molecule has 1 saturated heterocycles. The summed E-state index contributed by atoms with van der Waals surface area (Å²) in [5.74, 6) is 0.926. The van der Waals surface area contributed by atoms with Gasteiger partial charge < -0.3 is 19.2 Å². The minimum absolute atomic E-state index is 0.0278. The lowest BCUT2D eigenvalue weighted by Crippen LogP contribution is -2.41. The van der Waals surface area contributed by atoms with Crippen LogP contribution in [0.25, 0.3) is 6.08 Å². The molecule has 1 aliphatic rings. The highest BCUT2D eigenvalue weighted by molar-refractivity contribution is 8.13. The number of benzene rings is 1. The third kappa shape index (κ3) is 4.60. The number of phenols is 1. The normalized spacial score (nSPS) is 19.1. The van der Waals surface area contributed by atoms with Crippen molar-refractivity contribution in [1.29, 1.82) is 0 Å². The topological polar surface area (TPSA) is 65.0 Å². The molecule has 2 rings (SSSR count). The molecule has 1 N–H and O–H groups in total. The van der Waals surface area contributed by atoms with Gasteiger partial charge in [-0.1, -0.05) is 23.9 Å². The predicted molar refractivity (Wildman–Crippen MR) is 102 cm³/mol. The highest BCUT2D eigenvalue weighted by atomic mass is 32.2. The Labute approximate surface area is 153 Å². The molecular weight excluding hydrogens is 339 g/mol. The van der Waals surface area contributed by atoms with Gasteiger partial charge in [0.2, 0.25) is 0 Å². The van der Waals surface area contributed by atoms with Crippen LogP contribution in [0.3, 0.4) is 0 Å². The van der Waals surface area contributed by atoms with Gasteiger partial charge in [0.05, 0.1) is 18.3 Å². The van der Waals surface area contributed by atoms with E-state index in [1.165, 1.54) is 25.8 Å². The van der Waals surface area contributed by atoms with E-state index in [9.17, 15) is 9.90 Å². The van der Waals surface area contributed by atoms with Gasteiger partial charge in [-0.2, -0.15) is 0 Å². The van der Waals surface area contributed by atoms with Gasteiger partial charge in [-0.3, -0.25) is 4.79 Å². The molecule has 0 unspecified atom stereocenters. The molecule has 136 valence electrons. The molecule has 25 heavy (non-hydrogen) atoms. The molecule has 1 heterocycles. The summed E-state index contributed by atoms with van der Waals surface area (Å²) in [6.45, 7) is 9.49. The van der Waals surface area contributed by atoms with Crippen LogP contribution in [0.5, 0.6) is 11.5 Å². The maximum atomic E-state index is 11.4. The van der Waals surface area contributed by atoms with Crippen LogP contribution < -0.4 is 4.74 Å². The van der Waals surface area contributed by atoms with Gasteiger partial charge in [0.15, 0.2) is 16.6 Å². The first-order chi connectivity index (χ1) is 11.6. The summed E-state index contributed by atoms with van der Waals surface area (Å²) < 4.78 is 17.3. The zero-order valence-electron chi connectivity index (χ0n) is 15.6. The fourth-order valence-electron chi connectivity index (χ4n) is 2.37.